The lowest BCUT2D eigenvalue weighted by Crippen LogP contribution is -2.33. The Morgan fingerprint density at radius 1 is 0.708 bits per heavy atom. The first-order valence-electron chi connectivity index (χ1n) is 8.27. The highest BCUT2D eigenvalue weighted by Gasteiger charge is 2.20. The fraction of sp³-hybridized carbons (Fsp3) is 0.875. The molecule has 0 aliphatic carbocycles. The Morgan fingerprint density at radius 3 is 1.04 bits per heavy atom. The Bertz CT molecular complexity index is 328. The third-order valence-electron chi connectivity index (χ3n) is 1.72. The molecule has 0 aromatic carbocycles. The third kappa shape index (κ3) is 43.0. The largest absolute Gasteiger partial charge is 0.507 e. The van der Waals surface area contributed by atoms with Crippen LogP contribution in [-0.4, -0.2) is 60.0 Å². The second-order valence-corrected chi connectivity index (χ2v) is 25.8. The van der Waals surface area contributed by atoms with Crippen LogP contribution >= 0.6 is 0 Å². The molecule has 0 atom stereocenters. The predicted octanol–water partition coefficient (Wildman–Crippen LogP) is 4.35. The van der Waals surface area contributed by atoms with Crippen LogP contribution in [0.25, 0.3) is 0 Å². The van der Waals surface area contributed by atoms with Crippen LogP contribution in [0, 0.1) is 0 Å². The van der Waals surface area contributed by atoms with Crippen molar-refractivity contribution >= 4 is 36.2 Å². The number of ketones is 1. The lowest BCUT2D eigenvalue weighted by molar-refractivity contribution is -0.115. The molecule has 8 heteroatoms. The Kier molecular flexibility index (Phi) is 15.2. The smallest absolute Gasteiger partial charge is 0.438 e. The minimum Gasteiger partial charge on any atom is -0.438 e. The van der Waals surface area contributed by atoms with E-state index in [-0.39, 0.29) is 5.78 Å². The molecule has 0 aliphatic rings. The average Bonchev–Trinajstić information content (AvgIpc) is 2.31. The molecule has 0 amide bonds. The maximum Gasteiger partial charge on any atom is 0.507 e. The van der Waals surface area contributed by atoms with Gasteiger partial charge in [0.2, 0.25) is 0 Å². The predicted molar refractivity (Wildman–Crippen MR) is 111 cm³/mol. The van der Waals surface area contributed by atoms with Crippen molar-refractivity contribution in [2.75, 3.05) is 18.7 Å². The van der Waals surface area contributed by atoms with E-state index in [1.807, 2.05) is 0 Å². The summed E-state index contributed by atoms with van der Waals surface area (Å²) in [7, 11) is -3.69. The summed E-state index contributed by atoms with van der Waals surface area (Å²) in [6.07, 6.45) is 0.983. The second-order valence-electron chi connectivity index (χ2n) is 9.58. The fourth-order valence-corrected chi connectivity index (χ4v) is 1.69. The molecule has 0 rings (SSSR count). The van der Waals surface area contributed by atoms with E-state index in [9.17, 15) is 9.59 Å². The van der Waals surface area contributed by atoms with Crippen LogP contribution in [0.15, 0.2) is 0 Å². The molecular formula is C16H40O5Si3. The molecule has 0 fully saturated rings. The van der Waals surface area contributed by atoms with Gasteiger partial charge in [-0.25, -0.2) is 4.79 Å². The van der Waals surface area contributed by atoms with Crippen LogP contribution in [0.5, 0.6) is 0 Å². The molecule has 0 saturated heterocycles. The molecule has 0 aromatic rings. The molecule has 0 heterocycles. The zero-order valence-electron chi connectivity index (χ0n) is 17.7. The Morgan fingerprint density at radius 2 is 0.917 bits per heavy atom. The zero-order valence-corrected chi connectivity index (χ0v) is 20.7. The van der Waals surface area contributed by atoms with Gasteiger partial charge in [0.05, 0.1) is 36.7 Å². The number of rotatable bonds is 5. The van der Waals surface area contributed by atoms with Gasteiger partial charge in [-0.1, -0.05) is 58.9 Å². The molecule has 1 N–H and O–H groups in total. The molecular weight excluding hydrogens is 356 g/mol. The number of aliphatic hydroxyl groups excluding tert-OH is 1. The van der Waals surface area contributed by atoms with Gasteiger partial charge >= 0.3 is 6.16 Å². The van der Waals surface area contributed by atoms with Crippen molar-refractivity contribution in [2.24, 2.45) is 0 Å². The van der Waals surface area contributed by atoms with E-state index in [0.29, 0.717) is 18.7 Å². The van der Waals surface area contributed by atoms with Gasteiger partial charge in [0.1, 0.15) is 5.78 Å². The van der Waals surface area contributed by atoms with Gasteiger partial charge < -0.3 is 19.4 Å². The molecule has 0 bridgehead atoms. The normalized spacial score (nSPS) is 11.3. The highest BCUT2D eigenvalue weighted by atomic mass is 28.3. The van der Waals surface area contributed by atoms with E-state index >= 15 is 0 Å². The lowest BCUT2D eigenvalue weighted by atomic mass is 10.6. The van der Waals surface area contributed by atoms with Crippen molar-refractivity contribution in [3.8, 4) is 0 Å². The van der Waals surface area contributed by atoms with Gasteiger partial charge in [0.15, 0.2) is 0 Å². The molecule has 5 nitrogen and oxygen atoms in total. The summed E-state index contributed by atoms with van der Waals surface area (Å²) in [5.41, 5.74) is 0. The van der Waals surface area contributed by atoms with Gasteiger partial charge in [-0.05, 0) is 13.8 Å². The van der Waals surface area contributed by atoms with Gasteiger partial charge in [0, 0.05) is 6.23 Å². The lowest BCUT2D eigenvalue weighted by Gasteiger charge is -2.18. The summed E-state index contributed by atoms with van der Waals surface area (Å²) in [5, 5.41) is 8.46. The molecule has 0 spiro atoms. The van der Waals surface area contributed by atoms with Crippen molar-refractivity contribution < 1.29 is 24.2 Å². The molecule has 0 aliphatic heterocycles. The summed E-state index contributed by atoms with van der Waals surface area (Å²) in [6.45, 7) is 22.4. The average molecular weight is 397 g/mol. The van der Waals surface area contributed by atoms with Crippen LogP contribution in [0.3, 0.4) is 0 Å². The number of carbonyl (C=O) groups is 2. The van der Waals surface area contributed by atoms with E-state index in [0.717, 1.165) is 0 Å². The molecule has 146 valence electrons. The van der Waals surface area contributed by atoms with E-state index in [4.69, 9.17) is 14.6 Å². The topological polar surface area (TPSA) is 72.8 Å². The van der Waals surface area contributed by atoms with E-state index < -0.39 is 30.4 Å². The van der Waals surface area contributed by atoms with Crippen LogP contribution in [0.4, 0.5) is 4.79 Å². The van der Waals surface area contributed by atoms with Crippen LogP contribution in [0.2, 0.25) is 58.9 Å². The number of hydrogen-bond donors (Lipinski definition) is 1. The summed E-state index contributed by atoms with van der Waals surface area (Å²) < 4.78 is 10.0. The zero-order chi connectivity index (χ0) is 20.2. The maximum atomic E-state index is 11.1. The van der Waals surface area contributed by atoms with Crippen LogP contribution < -0.4 is 0 Å². The van der Waals surface area contributed by atoms with Gasteiger partial charge in [-0.2, -0.15) is 0 Å². The quantitative estimate of drug-likeness (QED) is 0.552. The molecule has 0 saturated carbocycles. The van der Waals surface area contributed by atoms with Crippen LogP contribution in [0.1, 0.15) is 13.8 Å². The fourth-order valence-electron chi connectivity index (χ4n) is 0.593. The molecule has 0 aromatic heterocycles. The Hall–Kier alpha value is -0.449. The van der Waals surface area contributed by atoms with Crippen molar-refractivity contribution in [3.05, 3.63) is 0 Å². The summed E-state index contributed by atoms with van der Waals surface area (Å²) in [4.78, 5) is 20.6. The van der Waals surface area contributed by atoms with E-state index in [1.165, 1.54) is 13.8 Å². The van der Waals surface area contributed by atoms with E-state index in [1.54, 1.807) is 0 Å². The number of Topliss-reactive ketones (excluding diaryl/α,β-unsaturated/α-hetero) is 1. The summed E-state index contributed by atoms with van der Waals surface area (Å²) in [6, 6.07) is 0. The molecule has 24 heavy (non-hydrogen) atoms. The van der Waals surface area contributed by atoms with Gasteiger partial charge in [-0.15, -0.1) is 0 Å². The monoisotopic (exact) mass is 396 g/mol. The van der Waals surface area contributed by atoms with Gasteiger partial charge in [0.25, 0.3) is 0 Å². The molecule has 0 unspecified atom stereocenters. The number of aliphatic hydroxyl groups is 1. The van der Waals surface area contributed by atoms with Crippen molar-refractivity contribution in [1.29, 1.82) is 0 Å². The Labute approximate surface area is 152 Å². The standard InChI is InChI=1S/C9H22O3Si2.C4H12OSi.C3H6O/c1-13(2,3)7-11-9(10)12-8-14(4,5)6;1-6(2,3)4-5;1-3(2)4/h7-8H2,1-6H3;5H,4H2,1-3H3;1-2H3. The first-order valence-corrected chi connectivity index (χ1v) is 19.4. The highest BCUT2D eigenvalue weighted by molar-refractivity contribution is 6.76. The first-order chi connectivity index (χ1) is 10.4. The van der Waals surface area contributed by atoms with Crippen molar-refractivity contribution in [2.45, 2.75) is 72.8 Å². The number of ether oxygens (including phenoxy) is 2. The Balaban J connectivity index is -0.000000363. The van der Waals surface area contributed by atoms with Gasteiger partial charge in [-0.3, -0.25) is 0 Å². The number of hydrogen-bond acceptors (Lipinski definition) is 5. The minimum absolute atomic E-state index is 0.167. The van der Waals surface area contributed by atoms with Crippen LogP contribution in [-0.2, 0) is 14.3 Å². The first kappa shape index (κ1) is 28.4. The molecule has 0 radical (unpaired) electrons. The number of carbonyl (C=O) groups excluding carboxylic acids is 2. The van der Waals surface area contributed by atoms with Crippen molar-refractivity contribution in [3.63, 3.8) is 0 Å². The summed E-state index contributed by atoms with van der Waals surface area (Å²) >= 11 is 0. The maximum absolute atomic E-state index is 11.1. The SMILES string of the molecule is CC(C)=O.C[Si](C)(C)CO.C[Si](C)(C)COC(=O)OC[Si](C)(C)C. The highest BCUT2D eigenvalue weighted by Crippen LogP contribution is 2.04. The summed E-state index contributed by atoms with van der Waals surface area (Å²) in [5.74, 6) is 0.167. The minimum atomic E-state index is -1.31. The third-order valence-corrected chi connectivity index (χ3v) is 4.69. The second kappa shape index (κ2) is 12.8. The van der Waals surface area contributed by atoms with Crippen molar-refractivity contribution in [1.82, 2.24) is 0 Å². The van der Waals surface area contributed by atoms with E-state index in [2.05, 4.69) is 58.9 Å².